The van der Waals surface area contributed by atoms with E-state index in [1.165, 1.54) is 4.90 Å². The number of rotatable bonds is 6. The Balaban J connectivity index is 1.44. The van der Waals surface area contributed by atoms with Crippen LogP contribution >= 0.6 is 0 Å². The molecule has 0 saturated carbocycles. The Morgan fingerprint density at radius 3 is 2.68 bits per heavy atom. The Kier molecular flexibility index (Phi) is 5.36. The number of quaternary nitrogens is 1. The van der Waals surface area contributed by atoms with Gasteiger partial charge in [-0.3, -0.25) is 9.69 Å². The number of pyridine rings is 1. The number of H-pyrrole nitrogens is 1. The summed E-state index contributed by atoms with van der Waals surface area (Å²) >= 11 is 0. The number of aromatic nitrogens is 2. The number of piperazine rings is 1. The molecule has 1 saturated heterocycles. The van der Waals surface area contributed by atoms with Gasteiger partial charge in [0.1, 0.15) is 32.7 Å². The number of aryl methyl sites for hydroxylation is 1. The van der Waals surface area contributed by atoms with Crippen LogP contribution in [0.4, 0.5) is 5.82 Å². The summed E-state index contributed by atoms with van der Waals surface area (Å²) in [6.45, 7) is 4.89. The molecular formula is C22H25N5O+2. The number of para-hydroxylation sites is 1. The van der Waals surface area contributed by atoms with Crippen molar-refractivity contribution in [3.05, 3.63) is 60.4 Å². The summed E-state index contributed by atoms with van der Waals surface area (Å²) in [4.78, 5) is 20.0. The van der Waals surface area contributed by atoms with E-state index in [9.17, 15) is 4.79 Å². The van der Waals surface area contributed by atoms with Gasteiger partial charge in [0.2, 0.25) is 5.78 Å². The van der Waals surface area contributed by atoms with E-state index in [4.69, 9.17) is 5.26 Å². The van der Waals surface area contributed by atoms with E-state index in [2.05, 4.69) is 22.0 Å². The monoisotopic (exact) mass is 375 g/mol. The van der Waals surface area contributed by atoms with Gasteiger partial charge in [-0.05, 0) is 12.1 Å². The standard InChI is InChI=1S/C22H23N5O/c23-9-5-11-27-16-19(18-6-1-2-7-20(18)27)21(28)17-25-12-14-26(15-13-25)22-8-3-4-10-24-22/h1-4,6-8,10,16H,5,11-15,17H2/p+2. The first-order valence-corrected chi connectivity index (χ1v) is 9.79. The lowest BCUT2D eigenvalue weighted by atomic mass is 10.1. The number of nitrogens with one attached hydrogen (secondary N) is 2. The number of benzene rings is 1. The normalized spacial score (nSPS) is 14.9. The summed E-state index contributed by atoms with van der Waals surface area (Å²) in [5, 5.41) is 9.88. The lowest BCUT2D eigenvalue weighted by molar-refractivity contribution is -0.892. The average molecular weight is 375 g/mol. The third-order valence-corrected chi connectivity index (χ3v) is 5.47. The first-order chi connectivity index (χ1) is 13.8. The largest absolute Gasteiger partial charge is 0.346 e. The number of hydrogen-bond acceptors (Lipinski definition) is 3. The smallest absolute Gasteiger partial charge is 0.274 e. The summed E-state index contributed by atoms with van der Waals surface area (Å²) in [6, 6.07) is 16.3. The molecule has 142 valence electrons. The molecule has 6 nitrogen and oxygen atoms in total. The fourth-order valence-corrected chi connectivity index (χ4v) is 3.97. The highest BCUT2D eigenvalue weighted by molar-refractivity contribution is 6.08. The number of nitriles is 1. The SMILES string of the molecule is N#CCCn1cc(C(=O)C[NH+]2CCN(c3cccc[nH+]3)CC2)c2ccccc21. The second-order valence-corrected chi connectivity index (χ2v) is 7.25. The van der Waals surface area contributed by atoms with Crippen molar-refractivity contribution in [1.29, 1.82) is 5.26 Å². The minimum absolute atomic E-state index is 0.182. The van der Waals surface area contributed by atoms with Gasteiger partial charge in [-0.1, -0.05) is 24.3 Å². The quantitative estimate of drug-likeness (QED) is 0.653. The first kappa shape index (κ1) is 18.2. The highest BCUT2D eigenvalue weighted by Gasteiger charge is 2.28. The maximum absolute atomic E-state index is 13.0. The summed E-state index contributed by atoms with van der Waals surface area (Å²) in [6.07, 6.45) is 4.31. The molecule has 0 bridgehead atoms. The molecule has 2 N–H and O–H groups in total. The van der Waals surface area contributed by atoms with Crippen molar-refractivity contribution in [3.8, 4) is 6.07 Å². The molecule has 0 radical (unpaired) electrons. The number of fused-ring (bicyclic) bond motifs is 1. The summed E-state index contributed by atoms with van der Waals surface area (Å²) < 4.78 is 2.03. The number of anilines is 1. The topological polar surface area (TPSA) is 67.6 Å². The van der Waals surface area contributed by atoms with Crippen LogP contribution in [0.25, 0.3) is 10.9 Å². The highest BCUT2D eigenvalue weighted by Crippen LogP contribution is 2.22. The van der Waals surface area contributed by atoms with Crippen molar-refractivity contribution in [3.63, 3.8) is 0 Å². The Bertz CT molecular complexity index is 997. The molecule has 6 heteroatoms. The lowest BCUT2D eigenvalue weighted by Crippen LogP contribution is -3.15. The number of carbonyl (C=O) groups is 1. The van der Waals surface area contributed by atoms with Crippen molar-refractivity contribution in [2.24, 2.45) is 0 Å². The van der Waals surface area contributed by atoms with Crippen molar-refractivity contribution < 1.29 is 14.7 Å². The second kappa shape index (κ2) is 8.24. The zero-order valence-corrected chi connectivity index (χ0v) is 15.9. The van der Waals surface area contributed by atoms with Crippen molar-refractivity contribution in [2.45, 2.75) is 13.0 Å². The van der Waals surface area contributed by atoms with Crippen molar-refractivity contribution in [1.82, 2.24) is 4.57 Å². The van der Waals surface area contributed by atoms with Crippen LogP contribution in [0.2, 0.25) is 0 Å². The minimum Gasteiger partial charge on any atom is -0.346 e. The minimum atomic E-state index is 0.182. The van der Waals surface area contributed by atoms with E-state index in [1.807, 2.05) is 53.4 Å². The van der Waals surface area contributed by atoms with E-state index < -0.39 is 0 Å². The summed E-state index contributed by atoms with van der Waals surface area (Å²) in [7, 11) is 0. The zero-order chi connectivity index (χ0) is 19.3. The maximum atomic E-state index is 13.0. The molecule has 0 atom stereocenters. The van der Waals surface area contributed by atoms with Gasteiger partial charge in [-0.25, -0.2) is 4.98 Å². The van der Waals surface area contributed by atoms with Crippen LogP contribution in [-0.2, 0) is 6.54 Å². The first-order valence-electron chi connectivity index (χ1n) is 9.79. The van der Waals surface area contributed by atoms with E-state index in [-0.39, 0.29) is 5.78 Å². The van der Waals surface area contributed by atoms with Gasteiger partial charge >= 0.3 is 0 Å². The Morgan fingerprint density at radius 2 is 1.93 bits per heavy atom. The van der Waals surface area contributed by atoms with Gasteiger partial charge in [-0.2, -0.15) is 5.26 Å². The molecule has 0 unspecified atom stereocenters. The van der Waals surface area contributed by atoms with E-state index in [0.717, 1.165) is 48.5 Å². The van der Waals surface area contributed by atoms with Gasteiger partial charge in [-0.15, -0.1) is 0 Å². The number of nitrogens with zero attached hydrogens (tertiary/aromatic N) is 3. The molecule has 0 aliphatic carbocycles. The molecule has 28 heavy (non-hydrogen) atoms. The Morgan fingerprint density at radius 1 is 1.14 bits per heavy atom. The molecule has 1 aliphatic heterocycles. The van der Waals surface area contributed by atoms with Crippen LogP contribution in [0.1, 0.15) is 16.8 Å². The van der Waals surface area contributed by atoms with Crippen LogP contribution in [0.3, 0.4) is 0 Å². The molecular weight excluding hydrogens is 350 g/mol. The Hall–Kier alpha value is -3.17. The predicted molar refractivity (Wildman–Crippen MR) is 107 cm³/mol. The van der Waals surface area contributed by atoms with Crippen LogP contribution in [-0.4, -0.2) is 43.1 Å². The van der Waals surface area contributed by atoms with E-state index >= 15 is 0 Å². The van der Waals surface area contributed by atoms with Crippen molar-refractivity contribution in [2.75, 3.05) is 37.6 Å². The Labute approximate surface area is 164 Å². The van der Waals surface area contributed by atoms with Gasteiger partial charge in [0, 0.05) is 35.3 Å². The summed E-state index contributed by atoms with van der Waals surface area (Å²) in [5.41, 5.74) is 1.81. The molecule has 3 heterocycles. The summed E-state index contributed by atoms with van der Waals surface area (Å²) in [5.74, 6) is 1.31. The average Bonchev–Trinajstić information content (AvgIpc) is 3.12. The number of hydrogen-bond donors (Lipinski definition) is 1. The number of Topliss-reactive ketones (excluding diaryl/α,β-unsaturated/α-hetero) is 1. The van der Waals surface area contributed by atoms with Crippen LogP contribution in [0, 0.1) is 11.3 Å². The van der Waals surface area contributed by atoms with Crippen LogP contribution < -0.4 is 14.8 Å². The fourth-order valence-electron chi connectivity index (χ4n) is 3.97. The van der Waals surface area contributed by atoms with Gasteiger partial charge < -0.3 is 9.47 Å². The second-order valence-electron chi connectivity index (χ2n) is 7.25. The molecule has 1 aliphatic rings. The van der Waals surface area contributed by atoms with Gasteiger partial charge in [0.15, 0.2) is 0 Å². The van der Waals surface area contributed by atoms with Crippen molar-refractivity contribution >= 4 is 22.5 Å². The third kappa shape index (κ3) is 3.75. The fraction of sp³-hybridized carbons (Fsp3) is 0.318. The van der Waals surface area contributed by atoms with Crippen LogP contribution in [0.5, 0.6) is 0 Å². The number of aromatic amines is 1. The molecule has 1 fully saturated rings. The highest BCUT2D eigenvalue weighted by atomic mass is 16.1. The van der Waals surface area contributed by atoms with Crippen LogP contribution in [0.15, 0.2) is 54.9 Å². The molecule has 3 aromatic rings. The molecule has 1 aromatic carbocycles. The molecule has 4 rings (SSSR count). The zero-order valence-electron chi connectivity index (χ0n) is 15.9. The van der Waals surface area contributed by atoms with E-state index in [1.54, 1.807) is 0 Å². The lowest BCUT2D eigenvalue weighted by Gasteiger charge is -2.27. The van der Waals surface area contributed by atoms with Gasteiger partial charge in [0.05, 0.1) is 18.7 Å². The molecule has 2 aromatic heterocycles. The van der Waals surface area contributed by atoms with E-state index in [0.29, 0.717) is 19.5 Å². The number of carbonyl (C=O) groups excluding carboxylic acids is 1. The van der Waals surface area contributed by atoms with Gasteiger partial charge in [0.25, 0.3) is 5.82 Å². The molecule has 0 spiro atoms. The predicted octanol–water partition coefficient (Wildman–Crippen LogP) is 0.957. The third-order valence-electron chi connectivity index (χ3n) is 5.47. The maximum Gasteiger partial charge on any atom is 0.274 e. The number of ketones is 1. The molecule has 0 amide bonds.